The maximum Gasteiger partial charge on any atom is 0.231 e. The highest BCUT2D eigenvalue weighted by atomic mass is 32.2. The maximum atomic E-state index is 13.3. The molecule has 0 fully saturated rings. The number of Topliss-reactive ketones (excluding diaryl/α,β-unsaturated/α-hetero) is 1. The number of phenolic OH excluding ortho intramolecular Hbond substituents is 1. The van der Waals surface area contributed by atoms with Gasteiger partial charge in [-0.15, -0.1) is 0 Å². The van der Waals surface area contributed by atoms with E-state index in [9.17, 15) is 9.90 Å². The first-order valence-corrected chi connectivity index (χ1v) is 11.2. The third-order valence-electron chi connectivity index (χ3n) is 4.92. The zero-order chi connectivity index (χ0) is 24.8. The average Bonchev–Trinajstić information content (AvgIpc) is 3.32. The summed E-state index contributed by atoms with van der Waals surface area (Å²) in [5.41, 5.74) is 1.85. The largest absolute Gasteiger partial charge is 0.502 e. The molecule has 0 amide bonds. The molecule has 34 heavy (non-hydrogen) atoms. The van der Waals surface area contributed by atoms with Crippen LogP contribution >= 0.6 is 11.8 Å². The molecule has 3 rings (SSSR count). The highest BCUT2D eigenvalue weighted by Gasteiger charge is 2.26. The van der Waals surface area contributed by atoms with Crippen LogP contribution in [0.3, 0.4) is 0 Å². The number of thioether (sulfide) groups is 1. The van der Waals surface area contributed by atoms with Gasteiger partial charge in [-0.25, -0.2) is 0 Å². The van der Waals surface area contributed by atoms with E-state index in [0.717, 1.165) is 11.8 Å². The Kier molecular flexibility index (Phi) is 8.14. The number of nitrogens with one attached hydrogen (secondary N) is 2. The number of methoxy groups -OCH3 is 2. The lowest BCUT2D eigenvalue weighted by Crippen LogP contribution is -2.16. The van der Waals surface area contributed by atoms with Crippen molar-refractivity contribution in [1.29, 1.82) is 10.8 Å². The number of rotatable bonds is 9. The number of benzene rings is 2. The van der Waals surface area contributed by atoms with Crippen molar-refractivity contribution in [2.45, 2.75) is 20.0 Å². The topological polar surface area (TPSA) is 126 Å². The fourth-order valence-electron chi connectivity index (χ4n) is 3.30. The highest BCUT2D eigenvalue weighted by molar-refractivity contribution is 8.26. The lowest BCUT2D eigenvalue weighted by atomic mass is 10.0. The second kappa shape index (κ2) is 11.0. The van der Waals surface area contributed by atoms with Gasteiger partial charge in [-0.3, -0.25) is 15.6 Å². The zero-order valence-corrected chi connectivity index (χ0v) is 20.1. The average molecular weight is 483 g/mol. The second-order valence-corrected chi connectivity index (χ2v) is 8.43. The van der Waals surface area contributed by atoms with Crippen LogP contribution in [0.1, 0.15) is 41.6 Å². The Morgan fingerprint density at radius 1 is 1.06 bits per heavy atom. The van der Waals surface area contributed by atoms with E-state index in [2.05, 4.69) is 0 Å². The molecule has 1 heterocycles. The number of furan rings is 1. The van der Waals surface area contributed by atoms with Gasteiger partial charge in [0.1, 0.15) is 16.9 Å². The van der Waals surface area contributed by atoms with Gasteiger partial charge in [-0.2, -0.15) is 0 Å². The van der Waals surface area contributed by atoms with Crippen molar-refractivity contribution in [3.05, 3.63) is 65.4 Å². The van der Waals surface area contributed by atoms with Crippen molar-refractivity contribution in [2.24, 2.45) is 0 Å². The molecule has 8 nitrogen and oxygen atoms in total. The van der Waals surface area contributed by atoms with E-state index in [0.29, 0.717) is 34.1 Å². The Morgan fingerprint density at radius 3 is 2.21 bits per heavy atom. The third kappa shape index (κ3) is 5.49. The molecule has 0 aliphatic rings. The molecule has 0 saturated carbocycles. The number of aromatic hydroxyl groups is 1. The van der Waals surface area contributed by atoms with E-state index in [1.165, 1.54) is 14.2 Å². The molecular formula is C25H26N2O6S. The summed E-state index contributed by atoms with van der Waals surface area (Å²) in [4.78, 5) is 13.3. The van der Waals surface area contributed by atoms with Gasteiger partial charge in [-0.1, -0.05) is 36.0 Å². The number of ether oxygens (including phenoxy) is 3. The van der Waals surface area contributed by atoms with Crippen LogP contribution in [0.25, 0.3) is 11.3 Å². The van der Waals surface area contributed by atoms with Gasteiger partial charge in [0.05, 0.1) is 19.3 Å². The van der Waals surface area contributed by atoms with Crippen molar-refractivity contribution >= 4 is 27.6 Å². The molecule has 0 bridgehead atoms. The van der Waals surface area contributed by atoms with Crippen LogP contribution in [0.2, 0.25) is 0 Å². The van der Waals surface area contributed by atoms with Crippen LogP contribution in [0.4, 0.5) is 0 Å². The van der Waals surface area contributed by atoms with Crippen LogP contribution in [0, 0.1) is 10.8 Å². The van der Waals surface area contributed by atoms with E-state index in [1.54, 1.807) is 62.4 Å². The monoisotopic (exact) mass is 482 g/mol. The quantitative estimate of drug-likeness (QED) is 0.203. The van der Waals surface area contributed by atoms with Gasteiger partial charge in [0.15, 0.2) is 17.3 Å². The first kappa shape index (κ1) is 25.1. The van der Waals surface area contributed by atoms with E-state index in [-0.39, 0.29) is 33.8 Å². The fraction of sp³-hybridized carbons (Fsp3) is 0.240. The number of carbonyl (C=O) groups excluding carboxylic acids is 1. The SMILES string of the molecule is CCOC(C(=O)c1ccc(-c2cc(OC)c(O)c(OC)c2)o1)c1ccc(C(=N)SC(C)=N)cc1. The van der Waals surface area contributed by atoms with E-state index in [4.69, 9.17) is 29.4 Å². The smallest absolute Gasteiger partial charge is 0.231 e. The van der Waals surface area contributed by atoms with Crippen molar-refractivity contribution in [3.8, 4) is 28.6 Å². The summed E-state index contributed by atoms with van der Waals surface area (Å²) in [5, 5.41) is 26.3. The van der Waals surface area contributed by atoms with Crippen LogP contribution in [0.15, 0.2) is 52.9 Å². The minimum atomic E-state index is -0.881. The standard InChI is InChI=1S/C25H26N2O6S/c1-5-32-24(15-6-8-16(9-7-15)25(27)34-14(2)26)23(29)19-11-10-18(33-19)17-12-20(30-3)22(28)21(13-17)31-4/h6-13,24,26-28H,5H2,1-4H3. The van der Waals surface area contributed by atoms with Gasteiger partial charge >= 0.3 is 0 Å². The molecule has 2 aromatic carbocycles. The summed E-state index contributed by atoms with van der Waals surface area (Å²) in [6.45, 7) is 3.74. The minimum absolute atomic E-state index is 0.117. The summed E-state index contributed by atoms with van der Waals surface area (Å²) in [5.74, 6) is 0.474. The van der Waals surface area contributed by atoms with Crippen LogP contribution in [-0.2, 0) is 4.74 Å². The maximum absolute atomic E-state index is 13.3. The molecule has 178 valence electrons. The van der Waals surface area contributed by atoms with E-state index in [1.807, 2.05) is 0 Å². The zero-order valence-electron chi connectivity index (χ0n) is 19.3. The summed E-state index contributed by atoms with van der Waals surface area (Å²) >= 11 is 1.06. The Labute approximate surface area is 201 Å². The van der Waals surface area contributed by atoms with Crippen LogP contribution in [-0.4, -0.2) is 41.8 Å². The van der Waals surface area contributed by atoms with E-state index >= 15 is 0 Å². The number of phenols is 1. The Bertz CT molecular complexity index is 1180. The van der Waals surface area contributed by atoms with Crippen molar-refractivity contribution in [1.82, 2.24) is 0 Å². The normalized spacial score (nSPS) is 11.6. The lowest BCUT2D eigenvalue weighted by Gasteiger charge is -2.16. The second-order valence-electron chi connectivity index (χ2n) is 7.20. The molecule has 1 unspecified atom stereocenters. The van der Waals surface area contributed by atoms with Gasteiger partial charge in [-0.05, 0) is 43.7 Å². The van der Waals surface area contributed by atoms with Crippen molar-refractivity contribution < 1.29 is 28.5 Å². The number of carbonyl (C=O) groups is 1. The fourth-order valence-corrected chi connectivity index (χ4v) is 3.86. The number of hydrogen-bond acceptors (Lipinski definition) is 9. The number of ketones is 1. The Balaban J connectivity index is 1.88. The Hall–Kier alpha value is -3.56. The summed E-state index contributed by atoms with van der Waals surface area (Å²) in [6, 6.07) is 13.3. The summed E-state index contributed by atoms with van der Waals surface area (Å²) in [6.07, 6.45) is -0.881. The van der Waals surface area contributed by atoms with Crippen molar-refractivity contribution in [2.75, 3.05) is 20.8 Å². The Morgan fingerprint density at radius 2 is 1.68 bits per heavy atom. The minimum Gasteiger partial charge on any atom is -0.502 e. The van der Waals surface area contributed by atoms with Crippen LogP contribution in [0.5, 0.6) is 17.2 Å². The first-order valence-electron chi connectivity index (χ1n) is 10.4. The molecule has 9 heteroatoms. The molecule has 0 aliphatic heterocycles. The lowest BCUT2D eigenvalue weighted by molar-refractivity contribution is 0.0428. The molecule has 3 N–H and O–H groups in total. The molecule has 0 saturated heterocycles. The highest BCUT2D eigenvalue weighted by Crippen LogP contribution is 2.41. The molecule has 0 aliphatic carbocycles. The summed E-state index contributed by atoms with van der Waals surface area (Å²) < 4.78 is 22.0. The van der Waals surface area contributed by atoms with Gasteiger partial charge in [0, 0.05) is 17.7 Å². The molecular weight excluding hydrogens is 456 g/mol. The predicted octanol–water partition coefficient (Wildman–Crippen LogP) is 5.69. The summed E-state index contributed by atoms with van der Waals surface area (Å²) in [7, 11) is 2.86. The number of hydrogen-bond donors (Lipinski definition) is 3. The van der Waals surface area contributed by atoms with Gasteiger partial charge in [0.2, 0.25) is 11.5 Å². The predicted molar refractivity (Wildman–Crippen MR) is 132 cm³/mol. The molecule has 1 atom stereocenters. The molecule has 1 aromatic heterocycles. The third-order valence-corrected chi connectivity index (χ3v) is 5.66. The van der Waals surface area contributed by atoms with Gasteiger partial charge < -0.3 is 23.7 Å². The van der Waals surface area contributed by atoms with Crippen LogP contribution < -0.4 is 9.47 Å². The molecule has 0 radical (unpaired) electrons. The van der Waals surface area contributed by atoms with Gasteiger partial charge in [0.25, 0.3) is 0 Å². The molecule has 0 spiro atoms. The van der Waals surface area contributed by atoms with Crippen molar-refractivity contribution in [3.63, 3.8) is 0 Å². The first-order chi connectivity index (χ1) is 16.3. The molecule has 3 aromatic rings. The van der Waals surface area contributed by atoms with E-state index < -0.39 is 6.10 Å².